The third-order valence-electron chi connectivity index (χ3n) is 4.62. The average Bonchev–Trinajstić information content (AvgIpc) is 2.70. The number of anilines is 3. The minimum Gasteiger partial charge on any atom is -0.378 e. The van der Waals surface area contributed by atoms with E-state index in [2.05, 4.69) is 34.0 Å². The maximum absolute atomic E-state index is 12.7. The van der Waals surface area contributed by atoms with E-state index in [-0.39, 0.29) is 5.91 Å². The van der Waals surface area contributed by atoms with Gasteiger partial charge in [0.15, 0.2) is 0 Å². The van der Waals surface area contributed by atoms with Crippen molar-refractivity contribution in [2.45, 2.75) is 20.8 Å². The van der Waals surface area contributed by atoms with E-state index in [9.17, 15) is 4.79 Å². The maximum atomic E-state index is 12.7. The molecule has 0 radical (unpaired) electrons. The summed E-state index contributed by atoms with van der Waals surface area (Å²) in [4.78, 5) is 25.9. The number of morpholine rings is 1. The molecule has 7 nitrogen and oxygen atoms in total. The Kier molecular flexibility index (Phi) is 6.24. The SMILES string of the molecule is CCN(CC)c1ccc(NC(=O)c2cc(C)nc(N3CCOCC3)n2)cc1. The predicted molar refractivity (Wildman–Crippen MR) is 108 cm³/mol. The number of aryl methyl sites for hydroxylation is 1. The first-order chi connectivity index (χ1) is 13.1. The summed E-state index contributed by atoms with van der Waals surface area (Å²) >= 11 is 0. The molecule has 1 aromatic carbocycles. The Labute approximate surface area is 160 Å². The van der Waals surface area contributed by atoms with Crippen LogP contribution < -0.4 is 15.1 Å². The molecule has 7 heteroatoms. The van der Waals surface area contributed by atoms with Crippen LogP contribution in [-0.2, 0) is 4.74 Å². The van der Waals surface area contributed by atoms with Crippen LogP contribution in [-0.4, -0.2) is 55.3 Å². The van der Waals surface area contributed by atoms with E-state index in [1.165, 1.54) is 0 Å². The van der Waals surface area contributed by atoms with Crippen molar-refractivity contribution < 1.29 is 9.53 Å². The van der Waals surface area contributed by atoms with Crippen molar-refractivity contribution in [1.29, 1.82) is 0 Å². The Morgan fingerprint density at radius 3 is 2.44 bits per heavy atom. The quantitative estimate of drug-likeness (QED) is 0.844. The number of ether oxygens (including phenoxy) is 1. The fourth-order valence-corrected chi connectivity index (χ4v) is 3.11. The lowest BCUT2D eigenvalue weighted by Gasteiger charge is -2.27. The molecule has 1 aliphatic heterocycles. The molecule has 27 heavy (non-hydrogen) atoms. The van der Waals surface area contributed by atoms with E-state index >= 15 is 0 Å². The van der Waals surface area contributed by atoms with E-state index in [4.69, 9.17) is 4.74 Å². The number of hydrogen-bond acceptors (Lipinski definition) is 6. The largest absolute Gasteiger partial charge is 0.378 e. The van der Waals surface area contributed by atoms with E-state index < -0.39 is 0 Å². The summed E-state index contributed by atoms with van der Waals surface area (Å²) in [7, 11) is 0. The van der Waals surface area contributed by atoms with E-state index in [0.29, 0.717) is 24.9 Å². The third kappa shape index (κ3) is 4.74. The van der Waals surface area contributed by atoms with Crippen LogP contribution in [0.3, 0.4) is 0 Å². The molecular formula is C20H27N5O2. The highest BCUT2D eigenvalue weighted by atomic mass is 16.5. The molecule has 0 unspecified atom stereocenters. The molecule has 0 bridgehead atoms. The van der Waals surface area contributed by atoms with Crippen molar-refractivity contribution in [3.8, 4) is 0 Å². The molecular weight excluding hydrogens is 342 g/mol. The van der Waals surface area contributed by atoms with Crippen LogP contribution >= 0.6 is 0 Å². The Morgan fingerprint density at radius 1 is 1.15 bits per heavy atom. The van der Waals surface area contributed by atoms with Crippen LogP contribution in [0, 0.1) is 6.92 Å². The molecule has 2 heterocycles. The summed E-state index contributed by atoms with van der Waals surface area (Å²) in [5, 5.41) is 2.93. The number of nitrogens with one attached hydrogen (secondary N) is 1. The van der Waals surface area contributed by atoms with Crippen molar-refractivity contribution in [3.05, 3.63) is 41.7 Å². The molecule has 2 aromatic rings. The summed E-state index contributed by atoms with van der Waals surface area (Å²) in [5.74, 6) is 0.353. The summed E-state index contributed by atoms with van der Waals surface area (Å²) in [6.45, 7) is 10.8. The van der Waals surface area contributed by atoms with Crippen molar-refractivity contribution in [3.63, 3.8) is 0 Å². The van der Waals surface area contributed by atoms with Gasteiger partial charge in [-0.05, 0) is 51.1 Å². The number of benzene rings is 1. The Balaban J connectivity index is 1.73. The number of rotatable bonds is 6. The lowest BCUT2D eigenvalue weighted by Crippen LogP contribution is -2.37. The molecule has 3 rings (SSSR count). The number of amides is 1. The number of carbonyl (C=O) groups is 1. The molecule has 1 aliphatic rings. The highest BCUT2D eigenvalue weighted by molar-refractivity contribution is 6.03. The average molecular weight is 369 g/mol. The summed E-state index contributed by atoms with van der Waals surface area (Å²) in [6.07, 6.45) is 0. The van der Waals surface area contributed by atoms with E-state index in [0.717, 1.165) is 43.2 Å². The van der Waals surface area contributed by atoms with Gasteiger partial charge in [-0.15, -0.1) is 0 Å². The van der Waals surface area contributed by atoms with Crippen LogP contribution in [0.25, 0.3) is 0 Å². The Hall–Kier alpha value is -2.67. The zero-order valence-corrected chi connectivity index (χ0v) is 16.2. The van der Waals surface area contributed by atoms with Crippen LogP contribution in [0.4, 0.5) is 17.3 Å². The molecule has 1 saturated heterocycles. The molecule has 1 N–H and O–H groups in total. The fourth-order valence-electron chi connectivity index (χ4n) is 3.11. The van der Waals surface area contributed by atoms with Gasteiger partial charge in [0.2, 0.25) is 5.95 Å². The van der Waals surface area contributed by atoms with Gasteiger partial charge < -0.3 is 19.9 Å². The predicted octanol–water partition coefficient (Wildman–Crippen LogP) is 2.72. The number of nitrogens with zero attached hydrogens (tertiary/aromatic N) is 4. The second kappa shape index (κ2) is 8.81. The van der Waals surface area contributed by atoms with Gasteiger partial charge in [-0.1, -0.05) is 0 Å². The Bertz CT molecular complexity index is 768. The molecule has 1 fully saturated rings. The summed E-state index contributed by atoms with van der Waals surface area (Å²) in [5.41, 5.74) is 3.04. The minimum atomic E-state index is -0.231. The van der Waals surface area contributed by atoms with Gasteiger partial charge in [-0.2, -0.15) is 0 Å². The third-order valence-corrected chi connectivity index (χ3v) is 4.62. The molecule has 1 aromatic heterocycles. The molecule has 0 spiro atoms. The van der Waals surface area contributed by atoms with Crippen molar-refractivity contribution in [2.24, 2.45) is 0 Å². The molecule has 0 saturated carbocycles. The fraction of sp³-hybridized carbons (Fsp3) is 0.450. The molecule has 1 amide bonds. The highest BCUT2D eigenvalue weighted by Crippen LogP contribution is 2.19. The van der Waals surface area contributed by atoms with Gasteiger partial charge in [0.05, 0.1) is 13.2 Å². The van der Waals surface area contributed by atoms with Gasteiger partial charge in [-0.25, -0.2) is 9.97 Å². The van der Waals surface area contributed by atoms with Crippen LogP contribution in [0.15, 0.2) is 30.3 Å². The molecule has 0 aliphatic carbocycles. The zero-order chi connectivity index (χ0) is 19.2. The lowest BCUT2D eigenvalue weighted by molar-refractivity contribution is 0.102. The van der Waals surface area contributed by atoms with Gasteiger partial charge >= 0.3 is 0 Å². The second-order valence-electron chi connectivity index (χ2n) is 6.47. The van der Waals surface area contributed by atoms with Crippen molar-refractivity contribution in [2.75, 3.05) is 54.5 Å². The van der Waals surface area contributed by atoms with Crippen LogP contribution in [0.5, 0.6) is 0 Å². The van der Waals surface area contributed by atoms with Crippen LogP contribution in [0.2, 0.25) is 0 Å². The summed E-state index contributed by atoms with van der Waals surface area (Å²) < 4.78 is 5.37. The molecule has 0 atom stereocenters. The number of aromatic nitrogens is 2. The first-order valence-electron chi connectivity index (χ1n) is 9.45. The normalized spacial score (nSPS) is 14.1. The number of hydrogen-bond donors (Lipinski definition) is 1. The smallest absolute Gasteiger partial charge is 0.274 e. The second-order valence-corrected chi connectivity index (χ2v) is 6.47. The van der Waals surface area contributed by atoms with Gasteiger partial charge in [0.25, 0.3) is 5.91 Å². The van der Waals surface area contributed by atoms with Gasteiger partial charge in [0.1, 0.15) is 5.69 Å². The Morgan fingerprint density at radius 2 is 1.81 bits per heavy atom. The first-order valence-corrected chi connectivity index (χ1v) is 9.45. The minimum absolute atomic E-state index is 0.231. The van der Waals surface area contributed by atoms with Gasteiger partial charge in [0, 0.05) is 43.2 Å². The standard InChI is InChI=1S/C20H27N5O2/c1-4-24(5-2)17-8-6-16(7-9-17)22-19(26)18-14-15(3)21-20(23-18)25-10-12-27-13-11-25/h6-9,14H,4-5,10-13H2,1-3H3,(H,22,26). The lowest BCUT2D eigenvalue weighted by atomic mass is 10.2. The monoisotopic (exact) mass is 369 g/mol. The highest BCUT2D eigenvalue weighted by Gasteiger charge is 2.17. The van der Waals surface area contributed by atoms with Gasteiger partial charge in [-0.3, -0.25) is 4.79 Å². The maximum Gasteiger partial charge on any atom is 0.274 e. The topological polar surface area (TPSA) is 70.6 Å². The van der Waals surface area contributed by atoms with E-state index in [1.54, 1.807) is 6.07 Å². The van der Waals surface area contributed by atoms with Crippen molar-refractivity contribution >= 4 is 23.2 Å². The summed E-state index contributed by atoms with van der Waals surface area (Å²) in [6, 6.07) is 9.59. The zero-order valence-electron chi connectivity index (χ0n) is 16.2. The van der Waals surface area contributed by atoms with Crippen molar-refractivity contribution in [1.82, 2.24) is 9.97 Å². The molecule has 144 valence electrons. The first kappa shape index (κ1) is 19.1. The number of carbonyl (C=O) groups excluding carboxylic acids is 1. The van der Waals surface area contributed by atoms with E-state index in [1.807, 2.05) is 36.1 Å². The van der Waals surface area contributed by atoms with Crippen LogP contribution in [0.1, 0.15) is 30.0 Å².